The minimum atomic E-state index is -0.497. The summed E-state index contributed by atoms with van der Waals surface area (Å²) in [5, 5.41) is 3.94. The molecule has 2 aromatic carbocycles. The molecule has 1 fully saturated rings. The first kappa shape index (κ1) is 17.2. The number of carbonyl (C=O) groups is 1. The Morgan fingerprint density at radius 3 is 2.70 bits per heavy atom. The molecule has 1 unspecified atom stereocenters. The van der Waals surface area contributed by atoms with Gasteiger partial charge in [-0.3, -0.25) is 4.79 Å². The maximum Gasteiger partial charge on any atom is 0.232 e. The third-order valence-electron chi connectivity index (χ3n) is 4.67. The minimum absolute atomic E-state index is 0.0131. The summed E-state index contributed by atoms with van der Waals surface area (Å²) in [6.45, 7) is 2.47. The normalized spacial score (nSPS) is 16.8. The van der Waals surface area contributed by atoms with Crippen molar-refractivity contribution in [1.29, 1.82) is 0 Å². The highest BCUT2D eigenvalue weighted by molar-refractivity contribution is 5.96. The van der Waals surface area contributed by atoms with Crippen LogP contribution < -0.4 is 9.64 Å². The molecule has 1 aromatic heterocycles. The van der Waals surface area contributed by atoms with Gasteiger partial charge in [0.05, 0.1) is 13.0 Å². The van der Waals surface area contributed by atoms with Gasteiger partial charge in [0, 0.05) is 24.2 Å². The Morgan fingerprint density at radius 1 is 1.22 bits per heavy atom. The first-order valence-corrected chi connectivity index (χ1v) is 8.59. The summed E-state index contributed by atoms with van der Waals surface area (Å²) in [5.41, 5.74) is 2.48. The highest BCUT2D eigenvalue weighted by atomic mass is 19.1. The van der Waals surface area contributed by atoms with E-state index in [0.717, 1.165) is 11.3 Å². The van der Waals surface area contributed by atoms with E-state index in [1.165, 1.54) is 19.2 Å². The number of methoxy groups -OCH3 is 1. The number of halogens is 1. The smallest absolute Gasteiger partial charge is 0.232 e. The van der Waals surface area contributed by atoms with E-state index >= 15 is 0 Å². The van der Waals surface area contributed by atoms with Crippen LogP contribution in [0.2, 0.25) is 0 Å². The fraction of sp³-hybridized carbons (Fsp3) is 0.250. The van der Waals surface area contributed by atoms with Gasteiger partial charge in [-0.1, -0.05) is 22.9 Å². The summed E-state index contributed by atoms with van der Waals surface area (Å²) in [7, 11) is 1.40. The van der Waals surface area contributed by atoms with Gasteiger partial charge in [0.25, 0.3) is 0 Å². The Hall–Kier alpha value is -3.22. The summed E-state index contributed by atoms with van der Waals surface area (Å²) in [6.07, 6.45) is 0.298. The number of rotatable bonds is 4. The van der Waals surface area contributed by atoms with Gasteiger partial charge >= 0.3 is 0 Å². The highest BCUT2D eigenvalue weighted by Crippen LogP contribution is 2.32. The van der Waals surface area contributed by atoms with Crippen molar-refractivity contribution in [3.63, 3.8) is 0 Å². The van der Waals surface area contributed by atoms with Crippen LogP contribution in [0.1, 0.15) is 23.8 Å². The lowest BCUT2D eigenvalue weighted by molar-refractivity contribution is -0.117. The predicted molar refractivity (Wildman–Crippen MR) is 97.1 cm³/mol. The molecule has 1 aliphatic heterocycles. The molecule has 0 spiro atoms. The number of hydrogen-bond acceptors (Lipinski definition) is 5. The summed E-state index contributed by atoms with van der Waals surface area (Å²) >= 11 is 0. The van der Waals surface area contributed by atoms with Crippen molar-refractivity contribution in [2.45, 2.75) is 19.3 Å². The third-order valence-corrected chi connectivity index (χ3v) is 4.67. The van der Waals surface area contributed by atoms with Gasteiger partial charge in [-0.2, -0.15) is 4.98 Å². The molecule has 4 rings (SSSR count). The molecular weight excluding hydrogens is 349 g/mol. The number of hydrogen-bond donors (Lipinski definition) is 0. The Balaban J connectivity index is 1.54. The van der Waals surface area contributed by atoms with Crippen LogP contribution in [0.4, 0.5) is 10.1 Å². The van der Waals surface area contributed by atoms with Crippen LogP contribution in [0, 0.1) is 12.7 Å². The molecule has 1 atom stereocenters. The van der Waals surface area contributed by atoms with Gasteiger partial charge in [0.15, 0.2) is 11.6 Å². The second-order valence-corrected chi connectivity index (χ2v) is 6.55. The molecule has 3 aromatic rings. The zero-order valence-electron chi connectivity index (χ0n) is 15.0. The average molecular weight is 367 g/mol. The molecule has 6 nitrogen and oxygen atoms in total. The van der Waals surface area contributed by atoms with Gasteiger partial charge in [-0.05, 0) is 37.3 Å². The Kier molecular flexibility index (Phi) is 4.35. The fourth-order valence-electron chi connectivity index (χ4n) is 3.17. The number of carbonyl (C=O) groups excluding carboxylic acids is 1. The first-order chi connectivity index (χ1) is 13.0. The molecule has 0 radical (unpaired) electrons. The van der Waals surface area contributed by atoms with E-state index in [2.05, 4.69) is 10.1 Å². The third kappa shape index (κ3) is 3.28. The van der Waals surface area contributed by atoms with E-state index in [1.807, 2.05) is 31.2 Å². The van der Waals surface area contributed by atoms with E-state index in [1.54, 1.807) is 11.0 Å². The lowest BCUT2D eigenvalue weighted by atomic mass is 10.1. The molecule has 0 bridgehead atoms. The number of ether oxygens (including phenoxy) is 1. The monoisotopic (exact) mass is 367 g/mol. The van der Waals surface area contributed by atoms with Gasteiger partial charge in [0.1, 0.15) is 0 Å². The Morgan fingerprint density at radius 2 is 2.00 bits per heavy atom. The summed E-state index contributed by atoms with van der Waals surface area (Å²) in [5.74, 6) is 0.139. The lowest BCUT2D eigenvalue weighted by Gasteiger charge is -2.16. The maximum absolute atomic E-state index is 13.9. The summed E-state index contributed by atoms with van der Waals surface area (Å²) in [6, 6.07) is 12.3. The van der Waals surface area contributed by atoms with Crippen LogP contribution in [0.5, 0.6) is 5.75 Å². The number of aryl methyl sites for hydroxylation is 1. The van der Waals surface area contributed by atoms with Crippen molar-refractivity contribution in [2.24, 2.45) is 0 Å². The van der Waals surface area contributed by atoms with E-state index < -0.39 is 5.82 Å². The summed E-state index contributed by atoms with van der Waals surface area (Å²) < 4.78 is 24.2. The molecule has 2 heterocycles. The van der Waals surface area contributed by atoms with E-state index in [9.17, 15) is 9.18 Å². The van der Waals surface area contributed by atoms with Crippen LogP contribution in [-0.2, 0) is 4.79 Å². The number of anilines is 1. The van der Waals surface area contributed by atoms with E-state index in [4.69, 9.17) is 9.26 Å². The van der Waals surface area contributed by atoms with Crippen molar-refractivity contribution < 1.29 is 18.4 Å². The van der Waals surface area contributed by atoms with Crippen molar-refractivity contribution in [1.82, 2.24) is 10.1 Å². The molecule has 0 saturated carbocycles. The predicted octanol–water partition coefficient (Wildman–Crippen LogP) is 3.71. The standard InChI is InChI=1S/C20H18FN3O3/c1-12-3-6-15(7-4-12)24-11-14(10-18(24)25)20-22-19(23-27-20)13-5-8-17(26-2)16(21)9-13/h3-9,14H,10-11H2,1-2H3. The van der Waals surface area contributed by atoms with Gasteiger partial charge in [-0.15, -0.1) is 0 Å². The zero-order chi connectivity index (χ0) is 19.0. The molecule has 0 aliphatic carbocycles. The largest absolute Gasteiger partial charge is 0.494 e. The van der Waals surface area contributed by atoms with Crippen LogP contribution in [0.3, 0.4) is 0 Å². The Labute approximate surface area is 155 Å². The molecule has 1 saturated heterocycles. The average Bonchev–Trinajstić information content (AvgIpc) is 3.29. The lowest BCUT2D eigenvalue weighted by Crippen LogP contribution is -2.24. The molecule has 0 N–H and O–H groups in total. The maximum atomic E-state index is 13.9. The van der Waals surface area contributed by atoms with Crippen LogP contribution in [-0.4, -0.2) is 29.7 Å². The molecule has 138 valence electrons. The molecule has 7 heteroatoms. The number of aromatic nitrogens is 2. The molecule has 27 heavy (non-hydrogen) atoms. The minimum Gasteiger partial charge on any atom is -0.494 e. The number of benzene rings is 2. The summed E-state index contributed by atoms with van der Waals surface area (Å²) in [4.78, 5) is 18.5. The zero-order valence-corrected chi connectivity index (χ0v) is 15.0. The second kappa shape index (κ2) is 6.83. The van der Waals surface area contributed by atoms with Gasteiger partial charge in [-0.25, -0.2) is 4.39 Å². The van der Waals surface area contributed by atoms with Gasteiger partial charge < -0.3 is 14.2 Å². The van der Waals surface area contributed by atoms with E-state index in [-0.39, 0.29) is 23.4 Å². The van der Waals surface area contributed by atoms with E-state index in [0.29, 0.717) is 24.4 Å². The molecule has 1 aliphatic rings. The van der Waals surface area contributed by atoms with Crippen LogP contribution in [0.15, 0.2) is 47.0 Å². The fourth-order valence-corrected chi connectivity index (χ4v) is 3.17. The Bertz CT molecular complexity index is 984. The van der Waals surface area contributed by atoms with Crippen LogP contribution in [0.25, 0.3) is 11.4 Å². The van der Waals surface area contributed by atoms with Crippen molar-refractivity contribution >= 4 is 11.6 Å². The SMILES string of the molecule is COc1ccc(-c2noc(C3CC(=O)N(c4ccc(C)cc4)C3)n2)cc1F. The van der Waals surface area contributed by atoms with Crippen LogP contribution >= 0.6 is 0 Å². The molecule has 1 amide bonds. The molecular formula is C20H18FN3O3. The van der Waals surface area contributed by atoms with Crippen molar-refractivity contribution in [3.8, 4) is 17.1 Å². The van der Waals surface area contributed by atoms with Gasteiger partial charge in [0.2, 0.25) is 17.6 Å². The number of nitrogens with zero attached hydrogens (tertiary/aromatic N) is 3. The first-order valence-electron chi connectivity index (χ1n) is 8.59. The van der Waals surface area contributed by atoms with Crippen molar-refractivity contribution in [2.75, 3.05) is 18.6 Å². The number of amides is 1. The highest BCUT2D eigenvalue weighted by Gasteiger charge is 2.35. The van der Waals surface area contributed by atoms with Crippen molar-refractivity contribution in [3.05, 3.63) is 59.7 Å². The topological polar surface area (TPSA) is 68.5 Å². The quantitative estimate of drug-likeness (QED) is 0.703. The second-order valence-electron chi connectivity index (χ2n) is 6.55.